The number of aliphatic hydroxyl groups is 1. The van der Waals surface area contributed by atoms with Gasteiger partial charge < -0.3 is 15.3 Å². The van der Waals surface area contributed by atoms with E-state index in [-0.39, 0.29) is 11.4 Å². The molecule has 0 spiro atoms. The van der Waals surface area contributed by atoms with Gasteiger partial charge in [-0.1, -0.05) is 23.1 Å². The third-order valence-corrected chi connectivity index (χ3v) is 4.65. The molecule has 2 N–H and O–H groups in total. The Hall–Kier alpha value is -0.370. The van der Waals surface area contributed by atoms with E-state index >= 15 is 0 Å². The SMILES string of the molecule is CN(C)c1nnc(SC2CNCC2O)s1. The van der Waals surface area contributed by atoms with E-state index in [0.717, 1.165) is 16.0 Å². The van der Waals surface area contributed by atoms with E-state index < -0.39 is 0 Å². The van der Waals surface area contributed by atoms with Gasteiger partial charge in [-0.3, -0.25) is 0 Å². The second-order valence-corrected chi connectivity index (χ2v) is 6.07. The smallest absolute Gasteiger partial charge is 0.208 e. The predicted octanol–water partition coefficient (Wildman–Crippen LogP) is 0.0289. The molecule has 0 radical (unpaired) electrons. The van der Waals surface area contributed by atoms with Crippen molar-refractivity contribution in [3.8, 4) is 0 Å². The van der Waals surface area contributed by atoms with Gasteiger partial charge in [0.2, 0.25) is 5.13 Å². The minimum absolute atomic E-state index is 0.202. The maximum Gasteiger partial charge on any atom is 0.208 e. The number of nitrogens with zero attached hydrogens (tertiary/aromatic N) is 3. The first-order chi connectivity index (χ1) is 7.16. The number of hydrogen-bond donors (Lipinski definition) is 2. The van der Waals surface area contributed by atoms with Crippen molar-refractivity contribution in [1.29, 1.82) is 0 Å². The Morgan fingerprint density at radius 2 is 2.27 bits per heavy atom. The topological polar surface area (TPSA) is 61.3 Å². The summed E-state index contributed by atoms with van der Waals surface area (Å²) < 4.78 is 0.923. The molecule has 2 heterocycles. The first-order valence-corrected chi connectivity index (χ1v) is 6.42. The van der Waals surface area contributed by atoms with Gasteiger partial charge in [-0.05, 0) is 0 Å². The number of thioether (sulfide) groups is 1. The maximum absolute atomic E-state index is 9.63. The van der Waals surface area contributed by atoms with Gasteiger partial charge in [-0.2, -0.15) is 0 Å². The zero-order valence-corrected chi connectivity index (χ0v) is 10.3. The Kier molecular flexibility index (Phi) is 3.45. The predicted molar refractivity (Wildman–Crippen MR) is 62.8 cm³/mol. The largest absolute Gasteiger partial charge is 0.391 e. The highest BCUT2D eigenvalue weighted by Gasteiger charge is 2.27. The van der Waals surface area contributed by atoms with Crippen LogP contribution in [0.4, 0.5) is 5.13 Å². The van der Waals surface area contributed by atoms with Gasteiger partial charge in [-0.25, -0.2) is 0 Å². The number of nitrogens with one attached hydrogen (secondary N) is 1. The van der Waals surface area contributed by atoms with Crippen molar-refractivity contribution in [2.45, 2.75) is 15.7 Å². The summed E-state index contributed by atoms with van der Waals surface area (Å²) in [7, 11) is 3.89. The lowest BCUT2D eigenvalue weighted by Crippen LogP contribution is -2.19. The second-order valence-electron chi connectivity index (χ2n) is 3.63. The van der Waals surface area contributed by atoms with Crippen LogP contribution in [0.15, 0.2) is 4.34 Å². The Balaban J connectivity index is 1.98. The van der Waals surface area contributed by atoms with Crippen molar-refractivity contribution in [3.05, 3.63) is 0 Å². The van der Waals surface area contributed by atoms with E-state index in [1.165, 1.54) is 0 Å². The van der Waals surface area contributed by atoms with Crippen molar-refractivity contribution < 1.29 is 5.11 Å². The summed E-state index contributed by atoms with van der Waals surface area (Å²) in [6.07, 6.45) is -0.276. The van der Waals surface area contributed by atoms with Crippen molar-refractivity contribution >= 4 is 28.2 Å². The van der Waals surface area contributed by atoms with Gasteiger partial charge in [0.15, 0.2) is 4.34 Å². The van der Waals surface area contributed by atoms with Crippen LogP contribution in [0.25, 0.3) is 0 Å². The standard InChI is InChI=1S/C8H14N4OS2/c1-12(2)7-10-11-8(15-7)14-6-4-9-3-5(6)13/h5-6,9,13H,3-4H2,1-2H3. The molecule has 1 aliphatic rings. The molecule has 1 aromatic heterocycles. The highest BCUT2D eigenvalue weighted by Crippen LogP contribution is 2.32. The van der Waals surface area contributed by atoms with Crippen LogP contribution in [-0.4, -0.2) is 53.8 Å². The number of β-amino-alcohol motifs (C(OH)–C–C–N with tert-alkyl or cyclic N) is 1. The van der Waals surface area contributed by atoms with E-state index in [1.807, 2.05) is 19.0 Å². The molecule has 1 fully saturated rings. The molecule has 0 saturated carbocycles. The summed E-state index contributed by atoms with van der Waals surface area (Å²) in [6.45, 7) is 1.51. The lowest BCUT2D eigenvalue weighted by molar-refractivity contribution is 0.201. The molecule has 0 aromatic carbocycles. The molecule has 0 amide bonds. The van der Waals surface area contributed by atoms with Crippen LogP contribution in [0.3, 0.4) is 0 Å². The number of aromatic nitrogens is 2. The van der Waals surface area contributed by atoms with Crippen molar-refractivity contribution in [3.63, 3.8) is 0 Å². The third-order valence-electron chi connectivity index (χ3n) is 2.16. The van der Waals surface area contributed by atoms with Crippen LogP contribution >= 0.6 is 23.1 Å². The lowest BCUT2D eigenvalue weighted by Gasteiger charge is -2.09. The molecule has 2 atom stereocenters. The van der Waals surface area contributed by atoms with Crippen LogP contribution in [0.5, 0.6) is 0 Å². The normalized spacial score (nSPS) is 25.8. The first kappa shape index (κ1) is 11.1. The van der Waals surface area contributed by atoms with Crippen LogP contribution in [0.1, 0.15) is 0 Å². The van der Waals surface area contributed by atoms with Crippen molar-refractivity contribution in [2.24, 2.45) is 0 Å². The lowest BCUT2D eigenvalue weighted by atomic mass is 10.3. The summed E-state index contributed by atoms with van der Waals surface area (Å²) in [5.74, 6) is 0. The molecule has 1 aromatic rings. The van der Waals surface area contributed by atoms with E-state index in [1.54, 1.807) is 23.1 Å². The molecular weight excluding hydrogens is 232 g/mol. The molecule has 15 heavy (non-hydrogen) atoms. The summed E-state index contributed by atoms with van der Waals surface area (Å²) in [5, 5.41) is 22.0. The zero-order chi connectivity index (χ0) is 10.8. The summed E-state index contributed by atoms with van der Waals surface area (Å²) >= 11 is 3.16. The van der Waals surface area contributed by atoms with Crippen LogP contribution in [0, 0.1) is 0 Å². The Bertz CT molecular complexity index is 330. The average molecular weight is 246 g/mol. The fourth-order valence-electron chi connectivity index (χ4n) is 1.32. The molecule has 2 unspecified atom stereocenters. The molecule has 1 aliphatic heterocycles. The van der Waals surface area contributed by atoms with Crippen molar-refractivity contribution in [1.82, 2.24) is 15.5 Å². The molecule has 0 aliphatic carbocycles. The van der Waals surface area contributed by atoms with E-state index in [2.05, 4.69) is 15.5 Å². The van der Waals surface area contributed by atoms with Gasteiger partial charge in [0.1, 0.15) is 0 Å². The van der Waals surface area contributed by atoms with E-state index in [9.17, 15) is 5.11 Å². The Morgan fingerprint density at radius 1 is 1.47 bits per heavy atom. The quantitative estimate of drug-likeness (QED) is 0.784. The molecule has 5 nitrogen and oxygen atoms in total. The zero-order valence-electron chi connectivity index (χ0n) is 8.67. The fourth-order valence-corrected chi connectivity index (χ4v) is 3.41. The average Bonchev–Trinajstić information content (AvgIpc) is 2.77. The summed E-state index contributed by atoms with van der Waals surface area (Å²) in [4.78, 5) is 1.94. The van der Waals surface area contributed by atoms with Crippen LogP contribution in [0.2, 0.25) is 0 Å². The highest BCUT2D eigenvalue weighted by atomic mass is 32.2. The number of aliphatic hydroxyl groups excluding tert-OH is 1. The van der Waals surface area contributed by atoms with Gasteiger partial charge in [0.05, 0.1) is 11.4 Å². The van der Waals surface area contributed by atoms with Gasteiger partial charge in [0, 0.05) is 27.2 Å². The molecule has 7 heteroatoms. The fraction of sp³-hybridized carbons (Fsp3) is 0.750. The summed E-state index contributed by atoms with van der Waals surface area (Å²) in [6, 6.07) is 0. The monoisotopic (exact) mass is 246 g/mol. The van der Waals surface area contributed by atoms with E-state index in [4.69, 9.17) is 0 Å². The van der Waals surface area contributed by atoms with Gasteiger partial charge in [0.25, 0.3) is 0 Å². The molecule has 84 valence electrons. The number of anilines is 1. The van der Waals surface area contributed by atoms with Crippen LogP contribution in [-0.2, 0) is 0 Å². The maximum atomic E-state index is 9.63. The van der Waals surface area contributed by atoms with Crippen molar-refractivity contribution in [2.75, 3.05) is 32.1 Å². The minimum atomic E-state index is -0.276. The number of hydrogen-bond acceptors (Lipinski definition) is 7. The Labute approximate surface area is 96.9 Å². The minimum Gasteiger partial charge on any atom is -0.391 e. The first-order valence-electron chi connectivity index (χ1n) is 4.73. The highest BCUT2D eigenvalue weighted by molar-refractivity contribution is 8.01. The van der Waals surface area contributed by atoms with E-state index in [0.29, 0.717) is 6.54 Å². The van der Waals surface area contributed by atoms with Crippen LogP contribution < -0.4 is 10.2 Å². The third kappa shape index (κ3) is 2.60. The van der Waals surface area contributed by atoms with Gasteiger partial charge in [-0.15, -0.1) is 10.2 Å². The molecular formula is C8H14N4OS2. The number of rotatable bonds is 3. The Morgan fingerprint density at radius 3 is 2.80 bits per heavy atom. The molecule has 0 bridgehead atoms. The second kappa shape index (κ2) is 4.65. The van der Waals surface area contributed by atoms with Gasteiger partial charge >= 0.3 is 0 Å². The summed E-state index contributed by atoms with van der Waals surface area (Å²) in [5.41, 5.74) is 0. The molecule has 2 rings (SSSR count). The molecule has 1 saturated heterocycles.